The average Bonchev–Trinajstić information content (AvgIpc) is 3.49. The minimum atomic E-state index is 0.700. The van der Waals surface area contributed by atoms with Gasteiger partial charge in [-0.25, -0.2) is 9.97 Å². The third kappa shape index (κ3) is 4.93. The van der Waals surface area contributed by atoms with E-state index in [1.807, 2.05) is 12.1 Å². The summed E-state index contributed by atoms with van der Waals surface area (Å²) in [6.07, 6.45) is 6.69. The molecule has 6 aromatic carbocycles. The molecule has 0 N–H and O–H groups in total. The van der Waals surface area contributed by atoms with Crippen LogP contribution in [0.5, 0.6) is 0 Å². The number of hydrogen-bond acceptors (Lipinski definition) is 2. The Balaban J connectivity index is 1.25. The van der Waals surface area contributed by atoms with Crippen LogP contribution in [0, 0.1) is 0 Å². The molecule has 1 aliphatic rings. The van der Waals surface area contributed by atoms with Crippen molar-refractivity contribution in [3.63, 3.8) is 0 Å². The lowest BCUT2D eigenvalue weighted by atomic mass is 9.93. The molecule has 0 atom stereocenters. The Morgan fingerprint density at radius 2 is 1.11 bits per heavy atom. The van der Waals surface area contributed by atoms with Crippen LogP contribution in [0.15, 0.2) is 158 Å². The Labute approximate surface area is 274 Å². The summed E-state index contributed by atoms with van der Waals surface area (Å²) in [7, 11) is 0. The number of benzene rings is 6. The maximum Gasteiger partial charge on any atom is 0.162 e. The summed E-state index contributed by atoms with van der Waals surface area (Å²) < 4.78 is 2.31. The smallest absolute Gasteiger partial charge is 0.162 e. The fourth-order valence-electron chi connectivity index (χ4n) is 6.89. The van der Waals surface area contributed by atoms with Gasteiger partial charge in [0.25, 0.3) is 0 Å². The number of nitrogens with zero attached hydrogens (tertiary/aromatic N) is 3. The van der Waals surface area contributed by atoms with Crippen molar-refractivity contribution in [2.45, 2.75) is 12.8 Å². The number of para-hydroxylation sites is 1. The summed E-state index contributed by atoms with van der Waals surface area (Å²) in [5.74, 6) is 1.55. The van der Waals surface area contributed by atoms with Gasteiger partial charge in [-0.1, -0.05) is 146 Å². The van der Waals surface area contributed by atoms with Gasteiger partial charge >= 0.3 is 0 Å². The molecule has 9 rings (SSSR count). The molecule has 3 nitrogen and oxygen atoms in total. The van der Waals surface area contributed by atoms with Gasteiger partial charge < -0.3 is 0 Å². The Kier molecular flexibility index (Phi) is 6.60. The summed E-state index contributed by atoms with van der Waals surface area (Å²) >= 11 is 0. The van der Waals surface area contributed by atoms with E-state index in [9.17, 15) is 0 Å². The number of aryl methyl sites for hydroxylation is 1. The minimum absolute atomic E-state index is 0.700. The third-order valence-electron chi connectivity index (χ3n) is 9.29. The number of fused-ring (bicyclic) bond motifs is 4. The zero-order valence-corrected chi connectivity index (χ0v) is 25.8. The lowest BCUT2D eigenvalue weighted by Gasteiger charge is -2.14. The molecule has 0 aliphatic heterocycles. The average molecular weight is 602 g/mol. The first-order valence-corrected chi connectivity index (χ1v) is 16.2. The Morgan fingerprint density at radius 1 is 0.468 bits per heavy atom. The highest BCUT2D eigenvalue weighted by atomic mass is 15.1. The van der Waals surface area contributed by atoms with Crippen LogP contribution in [0.2, 0.25) is 0 Å². The highest BCUT2D eigenvalue weighted by molar-refractivity contribution is 6.10. The van der Waals surface area contributed by atoms with Crippen LogP contribution >= 0.6 is 0 Å². The maximum absolute atomic E-state index is 5.28. The van der Waals surface area contributed by atoms with Gasteiger partial charge in [-0.05, 0) is 58.4 Å². The van der Waals surface area contributed by atoms with Gasteiger partial charge in [0.15, 0.2) is 5.82 Å². The molecule has 0 saturated heterocycles. The summed E-state index contributed by atoms with van der Waals surface area (Å²) in [6, 6.07) is 53.9. The van der Waals surface area contributed by atoms with E-state index < -0.39 is 0 Å². The monoisotopic (exact) mass is 601 g/mol. The first-order chi connectivity index (χ1) is 23.3. The van der Waals surface area contributed by atoms with Crippen molar-refractivity contribution in [3.8, 4) is 50.7 Å². The van der Waals surface area contributed by atoms with E-state index >= 15 is 0 Å². The van der Waals surface area contributed by atoms with Gasteiger partial charge in [0.2, 0.25) is 0 Å². The van der Waals surface area contributed by atoms with Gasteiger partial charge in [-0.2, -0.15) is 0 Å². The molecule has 0 fully saturated rings. The zero-order valence-electron chi connectivity index (χ0n) is 25.8. The van der Waals surface area contributed by atoms with Crippen LogP contribution in [0.4, 0.5) is 0 Å². The van der Waals surface area contributed by atoms with Gasteiger partial charge in [0, 0.05) is 28.0 Å². The molecule has 2 aromatic heterocycles. The lowest BCUT2D eigenvalue weighted by molar-refractivity contribution is 0.986. The lowest BCUT2D eigenvalue weighted by Crippen LogP contribution is -2.02. The van der Waals surface area contributed by atoms with Crippen molar-refractivity contribution >= 4 is 27.9 Å². The molecule has 0 spiro atoms. The van der Waals surface area contributed by atoms with E-state index in [1.165, 1.54) is 44.2 Å². The molecule has 1 aliphatic carbocycles. The van der Waals surface area contributed by atoms with Crippen LogP contribution in [-0.2, 0) is 6.42 Å². The number of aromatic nitrogens is 3. The third-order valence-corrected chi connectivity index (χ3v) is 9.29. The Bertz CT molecular complexity index is 2440. The fraction of sp³-hybridized carbons (Fsp3) is 0.0455. The largest absolute Gasteiger partial charge is 0.294 e. The fourth-order valence-corrected chi connectivity index (χ4v) is 6.89. The second-order valence-corrected chi connectivity index (χ2v) is 12.2. The van der Waals surface area contributed by atoms with Crippen LogP contribution in [-0.4, -0.2) is 14.5 Å². The van der Waals surface area contributed by atoms with Crippen LogP contribution in [0.1, 0.15) is 17.5 Å². The van der Waals surface area contributed by atoms with Crippen LogP contribution < -0.4 is 0 Å². The summed E-state index contributed by atoms with van der Waals surface area (Å²) in [5, 5.41) is 2.41. The van der Waals surface area contributed by atoms with E-state index in [2.05, 4.69) is 156 Å². The molecule has 0 unspecified atom stereocenters. The van der Waals surface area contributed by atoms with E-state index in [4.69, 9.17) is 9.97 Å². The van der Waals surface area contributed by atoms with Crippen molar-refractivity contribution in [2.75, 3.05) is 0 Å². The normalized spacial score (nSPS) is 12.4. The molecule has 0 radical (unpaired) electrons. The van der Waals surface area contributed by atoms with Crippen LogP contribution in [0.3, 0.4) is 0 Å². The second-order valence-electron chi connectivity index (χ2n) is 12.2. The molecule has 0 bridgehead atoms. The Hall–Kier alpha value is -6.06. The molecule has 0 amide bonds. The maximum atomic E-state index is 5.28. The highest BCUT2D eigenvalue weighted by Crippen LogP contribution is 2.37. The van der Waals surface area contributed by atoms with Crippen molar-refractivity contribution in [3.05, 3.63) is 169 Å². The zero-order chi connectivity index (χ0) is 31.2. The van der Waals surface area contributed by atoms with Crippen molar-refractivity contribution in [1.82, 2.24) is 14.5 Å². The summed E-state index contributed by atoms with van der Waals surface area (Å²) in [5.41, 5.74) is 12.7. The van der Waals surface area contributed by atoms with Crippen molar-refractivity contribution < 1.29 is 0 Å². The van der Waals surface area contributed by atoms with E-state index in [0.29, 0.717) is 5.82 Å². The molecule has 8 aromatic rings. The minimum Gasteiger partial charge on any atom is -0.294 e. The van der Waals surface area contributed by atoms with Gasteiger partial charge in [0.1, 0.15) is 5.82 Å². The van der Waals surface area contributed by atoms with E-state index in [-0.39, 0.29) is 0 Å². The number of hydrogen-bond donors (Lipinski definition) is 0. The molecular formula is C44H31N3. The molecule has 2 heterocycles. The highest BCUT2D eigenvalue weighted by Gasteiger charge is 2.18. The molecule has 3 heteroatoms. The van der Waals surface area contributed by atoms with Crippen molar-refractivity contribution in [2.24, 2.45) is 0 Å². The first kappa shape index (κ1) is 27.3. The van der Waals surface area contributed by atoms with Crippen molar-refractivity contribution in [1.29, 1.82) is 0 Å². The van der Waals surface area contributed by atoms with Gasteiger partial charge in [-0.3, -0.25) is 4.57 Å². The summed E-state index contributed by atoms with van der Waals surface area (Å²) in [6.45, 7) is 0. The number of rotatable bonds is 5. The van der Waals surface area contributed by atoms with E-state index in [0.717, 1.165) is 46.5 Å². The second kappa shape index (κ2) is 11.4. The Morgan fingerprint density at radius 3 is 1.94 bits per heavy atom. The summed E-state index contributed by atoms with van der Waals surface area (Å²) in [4.78, 5) is 10.4. The predicted octanol–water partition coefficient (Wildman–Crippen LogP) is 11.2. The topological polar surface area (TPSA) is 30.7 Å². The van der Waals surface area contributed by atoms with Crippen LogP contribution in [0.25, 0.3) is 78.6 Å². The van der Waals surface area contributed by atoms with Gasteiger partial charge in [-0.15, -0.1) is 0 Å². The predicted molar refractivity (Wildman–Crippen MR) is 195 cm³/mol. The molecule has 0 saturated carbocycles. The van der Waals surface area contributed by atoms with E-state index in [1.54, 1.807) is 0 Å². The van der Waals surface area contributed by atoms with Gasteiger partial charge in [0.05, 0.1) is 16.7 Å². The first-order valence-electron chi connectivity index (χ1n) is 16.2. The SMILES string of the molecule is C1=Cc2ccc(-c3ccc4c5ccccc5n(-c5cc(-c6ccccc6)nc(-c6ccc(-c7ccccc7)cc6)n5)c4c3)cc2CC1. The standard InChI is InChI=1S/C44H31N3/c1-3-11-30(12-4-1)32-19-22-34(23-20-32)44-45-40(33-14-5-2-6-15-33)29-43(46-44)47-41-18-10-9-17-38(41)39-26-25-37(28-42(39)47)36-24-21-31-13-7-8-16-35(31)27-36/h1-7,9-15,17-29H,8,16H2. The molecule has 222 valence electrons. The molecule has 47 heavy (non-hydrogen) atoms. The molecular weight excluding hydrogens is 571 g/mol. The number of allylic oxidation sites excluding steroid dienone is 1. The quantitative estimate of drug-likeness (QED) is 0.196.